The molecule has 5 aromatic rings. The van der Waals surface area contributed by atoms with Crippen LogP contribution in [0.1, 0.15) is 51.5 Å². The van der Waals surface area contributed by atoms with E-state index >= 15 is 0 Å². The molecule has 1 saturated heterocycles. The SMILES string of the molecule is CC(=O)n1nc2c(c1-c1ccc([N+](=O)[O-])cc1)C(c1ccc(Cl)cc1)C1(C(=O)NC(=S)NC1=O)C(c1ccc(Cl)cc1)/C2=C/c1ccc([N+](=O)[O-])cc1. The van der Waals surface area contributed by atoms with Gasteiger partial charge in [-0.05, 0) is 89.1 Å². The fourth-order valence-corrected chi connectivity index (χ4v) is 7.65. The van der Waals surface area contributed by atoms with Crippen molar-refractivity contribution in [3.8, 4) is 11.3 Å². The van der Waals surface area contributed by atoms with Gasteiger partial charge in [-0.15, -0.1) is 0 Å². The van der Waals surface area contributed by atoms with Crippen molar-refractivity contribution in [1.29, 1.82) is 0 Å². The first-order valence-corrected chi connectivity index (χ1v) is 17.0. The van der Waals surface area contributed by atoms with Crippen molar-refractivity contribution >= 4 is 81.3 Å². The Kier molecular flexibility index (Phi) is 8.98. The predicted molar refractivity (Wildman–Crippen MR) is 200 cm³/mol. The predicted octanol–water partition coefficient (Wildman–Crippen LogP) is 7.32. The summed E-state index contributed by atoms with van der Waals surface area (Å²) >= 11 is 18.0. The molecule has 0 bridgehead atoms. The molecule has 0 saturated carbocycles. The van der Waals surface area contributed by atoms with Crippen LogP contribution in [-0.2, 0) is 9.59 Å². The molecule has 2 atom stereocenters. The lowest BCUT2D eigenvalue weighted by Crippen LogP contribution is -2.67. The number of halogens is 2. The lowest BCUT2D eigenvalue weighted by molar-refractivity contribution is -0.385. The summed E-state index contributed by atoms with van der Waals surface area (Å²) in [5, 5.41) is 33.9. The van der Waals surface area contributed by atoms with Gasteiger partial charge >= 0.3 is 0 Å². The molecule has 1 aliphatic heterocycles. The second-order valence-corrected chi connectivity index (χ2v) is 13.7. The molecule has 1 aromatic heterocycles. The van der Waals surface area contributed by atoms with Gasteiger partial charge in [0.15, 0.2) is 10.5 Å². The summed E-state index contributed by atoms with van der Waals surface area (Å²) in [5.41, 5.74) is 0.255. The number of amides is 2. The second-order valence-electron chi connectivity index (χ2n) is 12.4. The monoisotopic (exact) mass is 766 g/mol. The number of thiocarbonyl (C=S) groups is 1. The number of allylic oxidation sites excluding steroid dienone is 1. The molecule has 16 heteroatoms. The van der Waals surface area contributed by atoms with E-state index < -0.39 is 44.8 Å². The van der Waals surface area contributed by atoms with Crippen LogP contribution in [0.5, 0.6) is 0 Å². The van der Waals surface area contributed by atoms with Crippen LogP contribution in [0.15, 0.2) is 97.1 Å². The Morgan fingerprint density at radius 2 is 1.26 bits per heavy atom. The van der Waals surface area contributed by atoms with Crippen LogP contribution in [0.25, 0.3) is 22.9 Å². The Balaban J connectivity index is 1.68. The summed E-state index contributed by atoms with van der Waals surface area (Å²) in [6.45, 7) is 1.29. The number of benzene rings is 4. The molecule has 1 spiro atoms. The molecule has 264 valence electrons. The number of non-ortho nitro benzene ring substituents is 2. The molecule has 2 unspecified atom stereocenters. The minimum atomic E-state index is -2.09. The number of nitrogens with one attached hydrogen (secondary N) is 2. The lowest BCUT2D eigenvalue weighted by Gasteiger charge is -2.49. The molecule has 4 aromatic carbocycles. The van der Waals surface area contributed by atoms with Crippen molar-refractivity contribution in [3.05, 3.63) is 155 Å². The van der Waals surface area contributed by atoms with E-state index in [1.165, 1.54) is 55.5 Å². The molecule has 2 amide bonds. The van der Waals surface area contributed by atoms with Gasteiger partial charge < -0.3 is 10.6 Å². The molecule has 0 radical (unpaired) electrons. The number of nitro groups is 2. The molecule has 2 aliphatic rings. The second kappa shape index (κ2) is 13.5. The highest BCUT2D eigenvalue weighted by Crippen LogP contribution is 2.63. The third-order valence-corrected chi connectivity index (χ3v) is 10.1. The third-order valence-electron chi connectivity index (χ3n) is 9.39. The Morgan fingerprint density at radius 3 is 1.74 bits per heavy atom. The van der Waals surface area contributed by atoms with Gasteiger partial charge in [0, 0.05) is 64.2 Å². The summed E-state index contributed by atoms with van der Waals surface area (Å²) in [7, 11) is 0. The number of nitrogens with zero attached hydrogens (tertiary/aromatic N) is 4. The molecule has 1 fully saturated rings. The standard InChI is InChI=1S/C37H24Cl2N6O7S/c1-19(46)43-33(23-8-16-27(17-9-23)45(51)52)29-31(22-6-12-25(39)13-7-22)37(34(47)40-36(53)41-35(37)48)30(21-4-10-24(38)11-5-21)28(32(29)42-43)18-20-2-14-26(15-3-20)44(49)50/h2-18,30-31H,1H3,(H2,40,41,47,48,53)/b28-18-. The highest BCUT2D eigenvalue weighted by atomic mass is 35.5. The van der Waals surface area contributed by atoms with Gasteiger partial charge in [-0.25, -0.2) is 0 Å². The van der Waals surface area contributed by atoms with Gasteiger partial charge in [0.1, 0.15) is 0 Å². The van der Waals surface area contributed by atoms with Crippen molar-refractivity contribution in [2.45, 2.75) is 18.8 Å². The largest absolute Gasteiger partial charge is 0.302 e. The number of carbonyl (C=O) groups excluding carboxylic acids is 3. The van der Waals surface area contributed by atoms with E-state index in [0.717, 1.165) is 4.68 Å². The summed E-state index contributed by atoms with van der Waals surface area (Å²) in [4.78, 5) is 65.4. The van der Waals surface area contributed by atoms with E-state index in [-0.39, 0.29) is 33.4 Å². The fourth-order valence-electron chi connectivity index (χ4n) is 7.22. The maximum Gasteiger partial charge on any atom is 0.269 e. The van der Waals surface area contributed by atoms with Gasteiger partial charge in [0.05, 0.1) is 21.2 Å². The molecule has 2 N–H and O–H groups in total. The van der Waals surface area contributed by atoms with Gasteiger partial charge in [-0.3, -0.25) is 34.6 Å². The normalized spacial score (nSPS) is 18.3. The Labute approximate surface area is 315 Å². The van der Waals surface area contributed by atoms with Crippen molar-refractivity contribution in [1.82, 2.24) is 20.4 Å². The number of carbonyl (C=O) groups is 3. The van der Waals surface area contributed by atoms with Crippen LogP contribution < -0.4 is 10.6 Å². The smallest absolute Gasteiger partial charge is 0.269 e. The molecule has 7 rings (SSSR count). The maximum absolute atomic E-state index is 14.9. The number of hydrogen-bond acceptors (Lipinski definition) is 9. The molecular formula is C37H24Cl2N6O7S. The molecular weight excluding hydrogens is 743 g/mol. The summed E-state index contributed by atoms with van der Waals surface area (Å²) in [6.07, 6.45) is 1.66. The van der Waals surface area contributed by atoms with Crippen LogP contribution in [0, 0.1) is 25.6 Å². The minimum absolute atomic E-state index is 0.161. The Bertz CT molecular complexity index is 2390. The number of rotatable bonds is 6. The van der Waals surface area contributed by atoms with Crippen molar-refractivity contribution in [2.24, 2.45) is 5.41 Å². The Morgan fingerprint density at radius 1 is 0.792 bits per heavy atom. The number of nitro benzene ring substituents is 2. The van der Waals surface area contributed by atoms with E-state index in [2.05, 4.69) is 10.6 Å². The summed E-state index contributed by atoms with van der Waals surface area (Å²) < 4.78 is 1.14. The first-order chi connectivity index (χ1) is 25.3. The van der Waals surface area contributed by atoms with Crippen molar-refractivity contribution in [3.63, 3.8) is 0 Å². The lowest BCUT2D eigenvalue weighted by atomic mass is 9.52. The summed E-state index contributed by atoms with van der Waals surface area (Å²) in [6, 6.07) is 24.2. The van der Waals surface area contributed by atoms with E-state index in [9.17, 15) is 34.6 Å². The quantitative estimate of drug-likeness (QED) is 0.0775. The van der Waals surface area contributed by atoms with Gasteiger partial charge in [-0.2, -0.15) is 9.78 Å². The molecule has 13 nitrogen and oxygen atoms in total. The number of hydrogen-bond donors (Lipinski definition) is 2. The van der Waals surface area contributed by atoms with Crippen LogP contribution in [0.3, 0.4) is 0 Å². The minimum Gasteiger partial charge on any atom is -0.302 e. The summed E-state index contributed by atoms with van der Waals surface area (Å²) in [5.74, 6) is -4.38. The highest BCUT2D eigenvalue weighted by Gasteiger charge is 2.65. The van der Waals surface area contributed by atoms with E-state index in [4.69, 9.17) is 40.5 Å². The first kappa shape index (κ1) is 35.3. The molecule has 2 heterocycles. The zero-order valence-electron chi connectivity index (χ0n) is 27.3. The third kappa shape index (κ3) is 5.96. The van der Waals surface area contributed by atoms with Crippen LogP contribution >= 0.6 is 35.4 Å². The van der Waals surface area contributed by atoms with Gasteiger partial charge in [-0.1, -0.05) is 47.5 Å². The number of aromatic nitrogens is 2. The van der Waals surface area contributed by atoms with E-state index in [1.807, 2.05) is 0 Å². The zero-order valence-corrected chi connectivity index (χ0v) is 29.6. The topological polar surface area (TPSA) is 179 Å². The van der Waals surface area contributed by atoms with Crippen molar-refractivity contribution < 1.29 is 24.2 Å². The molecule has 1 aliphatic carbocycles. The van der Waals surface area contributed by atoms with Gasteiger partial charge in [0.25, 0.3) is 11.4 Å². The first-order valence-electron chi connectivity index (χ1n) is 15.8. The average molecular weight is 768 g/mol. The molecule has 53 heavy (non-hydrogen) atoms. The van der Waals surface area contributed by atoms with E-state index in [1.54, 1.807) is 54.6 Å². The highest BCUT2D eigenvalue weighted by molar-refractivity contribution is 7.80. The Hall–Kier alpha value is -6.09. The fraction of sp³-hybridized carbons (Fsp3) is 0.108. The average Bonchev–Trinajstić information content (AvgIpc) is 3.52. The zero-order chi connectivity index (χ0) is 37.8. The van der Waals surface area contributed by atoms with Gasteiger partial charge in [0.2, 0.25) is 17.7 Å². The van der Waals surface area contributed by atoms with Crippen molar-refractivity contribution in [2.75, 3.05) is 0 Å². The van der Waals surface area contributed by atoms with Crippen LogP contribution in [-0.4, -0.2) is 42.5 Å². The van der Waals surface area contributed by atoms with E-state index in [0.29, 0.717) is 37.9 Å². The van der Waals surface area contributed by atoms with Crippen LogP contribution in [0.2, 0.25) is 10.0 Å². The number of fused-ring (bicyclic) bond motifs is 1. The van der Waals surface area contributed by atoms with Crippen LogP contribution in [0.4, 0.5) is 11.4 Å². The maximum atomic E-state index is 14.9.